The molecular weight excluding hydrogens is 468 g/mol. The van der Waals surface area contributed by atoms with Crippen LogP contribution in [-0.2, 0) is 14.3 Å². The van der Waals surface area contributed by atoms with E-state index >= 15 is 0 Å². The average Bonchev–Trinajstić information content (AvgIpc) is 3.02. The van der Waals surface area contributed by atoms with Crippen molar-refractivity contribution in [1.82, 2.24) is 10.2 Å². The molecule has 1 aliphatic heterocycles. The lowest BCUT2D eigenvalue weighted by molar-refractivity contribution is -0.140. The van der Waals surface area contributed by atoms with Gasteiger partial charge in [-0.15, -0.1) is 0 Å². The number of carbonyl (C=O) groups excluding carboxylic acids is 2. The minimum absolute atomic E-state index is 0.00424. The fourth-order valence-electron chi connectivity index (χ4n) is 4.85. The number of piperidine rings is 1. The van der Waals surface area contributed by atoms with Gasteiger partial charge in [0.15, 0.2) is 0 Å². The third kappa shape index (κ3) is 6.47. The summed E-state index contributed by atoms with van der Waals surface area (Å²) in [6, 6.07) is 15.6. The Morgan fingerprint density at radius 2 is 1.49 bits per heavy atom. The van der Waals surface area contributed by atoms with Crippen LogP contribution in [0.5, 0.6) is 0 Å². The molecular formula is C30H34N2O5. The van der Waals surface area contributed by atoms with Crippen molar-refractivity contribution in [2.75, 3.05) is 13.1 Å². The zero-order valence-corrected chi connectivity index (χ0v) is 21.6. The second-order valence-electron chi connectivity index (χ2n) is 10.4. The van der Waals surface area contributed by atoms with E-state index < -0.39 is 23.7 Å². The monoisotopic (exact) mass is 502 g/mol. The first-order valence-electron chi connectivity index (χ1n) is 12.7. The summed E-state index contributed by atoms with van der Waals surface area (Å²) in [7, 11) is 0. The van der Waals surface area contributed by atoms with Crippen LogP contribution in [0.3, 0.4) is 0 Å². The summed E-state index contributed by atoms with van der Waals surface area (Å²) >= 11 is 0. The van der Waals surface area contributed by atoms with Crippen molar-refractivity contribution in [1.29, 1.82) is 0 Å². The van der Waals surface area contributed by atoms with Crippen molar-refractivity contribution >= 4 is 35.7 Å². The topological polar surface area (TPSA) is 95.9 Å². The fraction of sp³-hybridized carbons (Fsp3) is 0.367. The molecule has 194 valence electrons. The van der Waals surface area contributed by atoms with Crippen LogP contribution < -0.4 is 5.32 Å². The van der Waals surface area contributed by atoms with E-state index in [4.69, 9.17) is 4.74 Å². The summed E-state index contributed by atoms with van der Waals surface area (Å²) in [5.74, 6) is -1.30. The number of hydrogen-bond donors (Lipinski definition) is 2. The second-order valence-corrected chi connectivity index (χ2v) is 10.4. The lowest BCUT2D eigenvalue weighted by atomic mass is 9.86. The number of carboxylic acids is 1. The predicted molar refractivity (Wildman–Crippen MR) is 144 cm³/mol. The molecule has 7 nitrogen and oxygen atoms in total. The van der Waals surface area contributed by atoms with Gasteiger partial charge in [0.25, 0.3) is 0 Å². The summed E-state index contributed by atoms with van der Waals surface area (Å²) in [6.45, 7) is 6.26. The number of rotatable bonds is 5. The highest BCUT2D eigenvalue weighted by Crippen LogP contribution is 2.38. The smallest absolute Gasteiger partial charge is 0.408 e. The van der Waals surface area contributed by atoms with Crippen molar-refractivity contribution in [3.05, 3.63) is 76.4 Å². The van der Waals surface area contributed by atoms with Crippen LogP contribution in [-0.4, -0.2) is 52.7 Å². The Morgan fingerprint density at radius 3 is 2.00 bits per heavy atom. The van der Waals surface area contributed by atoms with Gasteiger partial charge in [0.05, 0.1) is 0 Å². The van der Waals surface area contributed by atoms with Gasteiger partial charge in [-0.05, 0) is 67.9 Å². The van der Waals surface area contributed by atoms with Crippen LogP contribution in [0.2, 0.25) is 0 Å². The molecule has 2 aromatic carbocycles. The highest BCUT2D eigenvalue weighted by molar-refractivity contribution is 5.95. The molecule has 1 aliphatic carbocycles. The van der Waals surface area contributed by atoms with Gasteiger partial charge in [-0.2, -0.15) is 0 Å². The number of hydrogen-bond acceptors (Lipinski definition) is 4. The minimum Gasteiger partial charge on any atom is -0.480 e. The number of nitrogens with one attached hydrogen (secondary N) is 1. The van der Waals surface area contributed by atoms with Crippen LogP contribution >= 0.6 is 0 Å². The van der Waals surface area contributed by atoms with Crippen molar-refractivity contribution in [3.63, 3.8) is 0 Å². The molecule has 1 atom stereocenters. The Bertz CT molecular complexity index is 1190. The summed E-state index contributed by atoms with van der Waals surface area (Å²) in [6.07, 6.45) is 5.05. The third-order valence-electron chi connectivity index (χ3n) is 6.61. The number of ether oxygens (including phenoxy) is 1. The van der Waals surface area contributed by atoms with Gasteiger partial charge in [0.2, 0.25) is 5.91 Å². The molecule has 2 N–H and O–H groups in total. The highest BCUT2D eigenvalue weighted by atomic mass is 16.6. The molecule has 1 heterocycles. The number of nitrogens with zero attached hydrogens (tertiary/aromatic N) is 1. The predicted octanol–water partition coefficient (Wildman–Crippen LogP) is 5.35. The number of amides is 2. The average molecular weight is 503 g/mol. The first kappa shape index (κ1) is 26.2. The highest BCUT2D eigenvalue weighted by Gasteiger charge is 2.28. The first-order valence-corrected chi connectivity index (χ1v) is 12.7. The quantitative estimate of drug-likeness (QED) is 0.490. The standard InChI is InChI=1S/C30H34N2O5/c1-30(2,3)37-29(36)31-25(28(34)35)14-15-26(33)32-18-16-22(17-19-32)27-23-10-6-4-8-20(23)12-13-21-9-5-7-11-24(21)27/h4-13,25H,14-19H2,1-3H3,(H,31,36)(H,34,35)/t25-/m0/s1. The van der Waals surface area contributed by atoms with Gasteiger partial charge in [0, 0.05) is 19.5 Å². The Labute approximate surface area is 217 Å². The summed E-state index contributed by atoms with van der Waals surface area (Å²) in [5, 5.41) is 11.9. The molecule has 0 aromatic heterocycles. The van der Waals surface area contributed by atoms with Gasteiger partial charge >= 0.3 is 12.1 Å². The van der Waals surface area contributed by atoms with E-state index in [0.29, 0.717) is 13.1 Å². The van der Waals surface area contributed by atoms with Crippen molar-refractivity contribution in [3.8, 4) is 0 Å². The van der Waals surface area contributed by atoms with Crippen LogP contribution in [0.15, 0.2) is 54.1 Å². The Balaban J connectivity index is 1.43. The third-order valence-corrected chi connectivity index (χ3v) is 6.61. The molecule has 0 radical (unpaired) electrons. The first-order chi connectivity index (χ1) is 17.6. The van der Waals surface area contributed by atoms with Crippen molar-refractivity contribution in [2.24, 2.45) is 0 Å². The lowest BCUT2D eigenvalue weighted by Gasteiger charge is -2.31. The SMILES string of the molecule is CC(C)(C)OC(=O)N[C@@H](CCC(=O)N1CCC(=C2c3ccccc3C=Cc3ccccc32)CC1)C(=O)O. The van der Waals surface area contributed by atoms with Crippen molar-refractivity contribution < 1.29 is 24.2 Å². The summed E-state index contributed by atoms with van der Waals surface area (Å²) in [5.41, 5.74) is 6.59. The number of aliphatic carboxylic acids is 1. The molecule has 1 fully saturated rings. The van der Waals surface area contributed by atoms with E-state index in [1.54, 1.807) is 25.7 Å². The molecule has 0 spiro atoms. The van der Waals surface area contributed by atoms with E-state index in [9.17, 15) is 19.5 Å². The van der Waals surface area contributed by atoms with Crippen molar-refractivity contribution in [2.45, 2.75) is 58.1 Å². The number of carboxylic acid groups (broad SMARTS) is 1. The molecule has 37 heavy (non-hydrogen) atoms. The molecule has 4 rings (SSSR count). The normalized spacial score (nSPS) is 15.8. The van der Waals surface area contributed by atoms with Gasteiger partial charge in [-0.25, -0.2) is 9.59 Å². The van der Waals surface area contributed by atoms with Crippen LogP contribution in [0.25, 0.3) is 17.7 Å². The van der Waals surface area contributed by atoms with Crippen LogP contribution in [0.4, 0.5) is 4.79 Å². The molecule has 1 saturated heterocycles. The molecule has 0 unspecified atom stereocenters. The number of fused-ring (bicyclic) bond motifs is 2. The molecule has 0 bridgehead atoms. The van der Waals surface area contributed by atoms with Crippen LogP contribution in [0, 0.1) is 0 Å². The summed E-state index contributed by atoms with van der Waals surface area (Å²) in [4.78, 5) is 38.4. The van der Waals surface area contributed by atoms with E-state index in [1.807, 2.05) is 12.1 Å². The second kappa shape index (κ2) is 11.0. The van der Waals surface area contributed by atoms with Gasteiger partial charge in [-0.1, -0.05) is 66.3 Å². The molecule has 2 aliphatic rings. The Morgan fingerprint density at radius 1 is 0.946 bits per heavy atom. The zero-order chi connectivity index (χ0) is 26.6. The van der Waals surface area contributed by atoms with Gasteiger partial charge in [-0.3, -0.25) is 4.79 Å². The Kier molecular flexibility index (Phi) is 7.81. The molecule has 2 aromatic rings. The molecule has 2 amide bonds. The van der Waals surface area contributed by atoms with E-state index in [0.717, 1.165) is 12.8 Å². The largest absolute Gasteiger partial charge is 0.480 e. The van der Waals surface area contributed by atoms with Gasteiger partial charge in [0.1, 0.15) is 11.6 Å². The number of benzene rings is 2. The fourth-order valence-corrected chi connectivity index (χ4v) is 4.85. The molecule has 7 heteroatoms. The Hall–Kier alpha value is -3.87. The van der Waals surface area contributed by atoms with Crippen LogP contribution in [0.1, 0.15) is 68.7 Å². The minimum atomic E-state index is -1.19. The van der Waals surface area contributed by atoms with Gasteiger partial charge < -0.3 is 20.1 Å². The maximum Gasteiger partial charge on any atom is 0.408 e. The maximum absolute atomic E-state index is 12.9. The lowest BCUT2D eigenvalue weighted by Crippen LogP contribution is -2.44. The van der Waals surface area contributed by atoms with E-state index in [1.165, 1.54) is 33.4 Å². The number of carbonyl (C=O) groups is 3. The number of alkyl carbamates (subject to hydrolysis) is 1. The number of likely N-dealkylation sites (tertiary alicyclic amines) is 1. The molecule has 0 saturated carbocycles. The van der Waals surface area contributed by atoms with E-state index in [-0.39, 0.29) is 18.7 Å². The zero-order valence-electron chi connectivity index (χ0n) is 21.6. The maximum atomic E-state index is 12.9. The summed E-state index contributed by atoms with van der Waals surface area (Å²) < 4.78 is 5.15. The van der Waals surface area contributed by atoms with E-state index in [2.05, 4.69) is 53.9 Å².